The molecule has 6 heteroatoms. The molecule has 0 unspecified atom stereocenters. The minimum Gasteiger partial charge on any atom is -0.478 e. The molecular formula is C8H6ClNO4. The molecule has 1 aromatic rings. The van der Waals surface area contributed by atoms with E-state index in [9.17, 15) is 14.9 Å². The lowest BCUT2D eigenvalue weighted by atomic mass is 10.1. The van der Waals surface area contributed by atoms with Crippen molar-refractivity contribution in [2.75, 3.05) is 0 Å². The molecule has 1 N–H and O–H groups in total. The monoisotopic (exact) mass is 215 g/mol. The number of halogens is 1. The number of carboxylic acids is 1. The lowest BCUT2D eigenvalue weighted by Gasteiger charge is -2.02. The number of rotatable bonds is 2. The molecule has 0 spiro atoms. The van der Waals surface area contributed by atoms with Crippen LogP contribution in [0.3, 0.4) is 0 Å². The number of nitrogens with zero attached hydrogens (tertiary/aromatic N) is 1. The Bertz CT molecular complexity index is 377. The summed E-state index contributed by atoms with van der Waals surface area (Å²) in [6.07, 6.45) is 0. The predicted octanol–water partition coefficient (Wildman–Crippen LogP) is 2.25. The standard InChI is InChI=1S/C8H6ClNO4/c1-4-5(8(11)12)2-3-6(7(4)9)10(13)14/h2-3H,1H3,(H,11,12). The van der Waals surface area contributed by atoms with E-state index in [0.717, 1.165) is 6.07 Å². The smallest absolute Gasteiger partial charge is 0.336 e. The van der Waals surface area contributed by atoms with Gasteiger partial charge in [-0.3, -0.25) is 10.1 Å². The van der Waals surface area contributed by atoms with E-state index in [1.807, 2.05) is 0 Å². The average Bonchev–Trinajstić information content (AvgIpc) is 2.08. The largest absolute Gasteiger partial charge is 0.478 e. The number of hydrogen-bond donors (Lipinski definition) is 1. The molecule has 0 aromatic heterocycles. The second kappa shape index (κ2) is 3.63. The summed E-state index contributed by atoms with van der Waals surface area (Å²) in [7, 11) is 0. The highest BCUT2D eigenvalue weighted by Gasteiger charge is 2.19. The molecule has 0 aliphatic rings. The lowest BCUT2D eigenvalue weighted by Crippen LogP contribution is -2.01. The highest BCUT2D eigenvalue weighted by Crippen LogP contribution is 2.29. The predicted molar refractivity (Wildman–Crippen MR) is 49.8 cm³/mol. The molecule has 1 rings (SSSR count). The van der Waals surface area contributed by atoms with Gasteiger partial charge in [-0.2, -0.15) is 0 Å². The molecule has 0 radical (unpaired) electrons. The van der Waals surface area contributed by atoms with Gasteiger partial charge >= 0.3 is 5.97 Å². The van der Waals surface area contributed by atoms with Crippen molar-refractivity contribution in [3.05, 3.63) is 38.4 Å². The van der Waals surface area contributed by atoms with E-state index in [4.69, 9.17) is 16.7 Å². The maximum absolute atomic E-state index is 10.6. The molecule has 0 aliphatic heterocycles. The van der Waals surface area contributed by atoms with Crippen LogP contribution in [0.5, 0.6) is 0 Å². The number of nitro groups is 1. The van der Waals surface area contributed by atoms with E-state index in [0.29, 0.717) is 0 Å². The Morgan fingerprint density at radius 1 is 1.57 bits per heavy atom. The second-order valence-corrected chi connectivity index (χ2v) is 3.01. The SMILES string of the molecule is Cc1c(C(=O)O)ccc([N+](=O)[O-])c1Cl. The number of carboxylic acid groups (broad SMARTS) is 1. The Labute approximate surface area is 84.1 Å². The summed E-state index contributed by atoms with van der Waals surface area (Å²) in [6, 6.07) is 2.25. The first-order valence-corrected chi connectivity index (χ1v) is 3.99. The fraction of sp³-hybridized carbons (Fsp3) is 0.125. The van der Waals surface area contributed by atoms with Crippen LogP contribution in [0.25, 0.3) is 0 Å². The van der Waals surface area contributed by atoms with E-state index in [1.54, 1.807) is 0 Å². The fourth-order valence-corrected chi connectivity index (χ4v) is 1.28. The first-order valence-electron chi connectivity index (χ1n) is 3.62. The summed E-state index contributed by atoms with van der Waals surface area (Å²) in [5.41, 5.74) is -0.108. The van der Waals surface area contributed by atoms with Gasteiger partial charge in [0.25, 0.3) is 5.69 Å². The van der Waals surface area contributed by atoms with Gasteiger partial charge in [0.15, 0.2) is 0 Å². The molecule has 0 atom stereocenters. The Kier molecular flexibility index (Phi) is 2.71. The zero-order chi connectivity index (χ0) is 10.9. The van der Waals surface area contributed by atoms with E-state index < -0.39 is 10.9 Å². The molecule has 0 amide bonds. The first kappa shape index (κ1) is 10.5. The van der Waals surface area contributed by atoms with E-state index in [1.165, 1.54) is 13.0 Å². The normalized spacial score (nSPS) is 9.86. The maximum Gasteiger partial charge on any atom is 0.336 e. The van der Waals surface area contributed by atoms with Crippen LogP contribution in [-0.2, 0) is 0 Å². The van der Waals surface area contributed by atoms with Gasteiger partial charge in [-0.25, -0.2) is 4.79 Å². The molecule has 0 bridgehead atoms. The van der Waals surface area contributed by atoms with Gasteiger partial charge < -0.3 is 5.11 Å². The molecule has 0 aliphatic carbocycles. The highest BCUT2D eigenvalue weighted by atomic mass is 35.5. The summed E-state index contributed by atoms with van der Waals surface area (Å²) in [5.74, 6) is -1.15. The maximum atomic E-state index is 10.6. The van der Waals surface area contributed by atoms with Crippen LogP contribution in [0, 0.1) is 17.0 Å². The third kappa shape index (κ3) is 1.67. The van der Waals surface area contributed by atoms with Gasteiger partial charge in [0, 0.05) is 6.07 Å². The van der Waals surface area contributed by atoms with Gasteiger partial charge in [-0.1, -0.05) is 11.6 Å². The number of carbonyl (C=O) groups is 1. The molecule has 0 saturated carbocycles. The molecule has 14 heavy (non-hydrogen) atoms. The van der Waals surface area contributed by atoms with Crippen molar-refractivity contribution in [2.24, 2.45) is 0 Å². The summed E-state index contributed by atoms with van der Waals surface area (Å²) in [5, 5.41) is 19.0. The van der Waals surface area contributed by atoms with Crippen LogP contribution in [0.15, 0.2) is 12.1 Å². The zero-order valence-corrected chi connectivity index (χ0v) is 7.91. The van der Waals surface area contributed by atoms with Crippen molar-refractivity contribution < 1.29 is 14.8 Å². The summed E-state index contributed by atoms with van der Waals surface area (Å²) < 4.78 is 0. The average molecular weight is 216 g/mol. The first-order chi connectivity index (χ1) is 6.45. The van der Waals surface area contributed by atoms with E-state index in [2.05, 4.69) is 0 Å². The molecular weight excluding hydrogens is 210 g/mol. The Balaban J connectivity index is 3.41. The van der Waals surface area contributed by atoms with Crippen LogP contribution in [0.2, 0.25) is 5.02 Å². The number of aromatic carboxylic acids is 1. The third-order valence-corrected chi connectivity index (χ3v) is 2.27. The van der Waals surface area contributed by atoms with Gasteiger partial charge in [0.1, 0.15) is 5.02 Å². The van der Waals surface area contributed by atoms with Crippen LogP contribution < -0.4 is 0 Å². The van der Waals surface area contributed by atoms with Crippen molar-refractivity contribution in [1.29, 1.82) is 0 Å². The fourth-order valence-electron chi connectivity index (χ4n) is 1.04. The molecule has 0 fully saturated rings. The van der Waals surface area contributed by atoms with Crippen LogP contribution >= 0.6 is 11.6 Å². The quantitative estimate of drug-likeness (QED) is 0.606. The minimum absolute atomic E-state index is 0.0272. The molecule has 1 aromatic carbocycles. The van der Waals surface area contributed by atoms with Crippen LogP contribution in [-0.4, -0.2) is 16.0 Å². The van der Waals surface area contributed by atoms with Crippen molar-refractivity contribution in [3.8, 4) is 0 Å². The van der Waals surface area contributed by atoms with Gasteiger partial charge in [0.05, 0.1) is 10.5 Å². The van der Waals surface area contributed by atoms with Crippen molar-refractivity contribution >= 4 is 23.3 Å². The molecule has 74 valence electrons. The van der Waals surface area contributed by atoms with Gasteiger partial charge in [0.2, 0.25) is 0 Å². The number of nitro benzene ring substituents is 1. The Morgan fingerprint density at radius 3 is 2.57 bits per heavy atom. The molecule has 0 heterocycles. The van der Waals surface area contributed by atoms with Crippen LogP contribution in [0.1, 0.15) is 15.9 Å². The van der Waals surface area contributed by atoms with Crippen molar-refractivity contribution in [1.82, 2.24) is 0 Å². The third-order valence-electron chi connectivity index (χ3n) is 1.79. The highest BCUT2D eigenvalue weighted by molar-refractivity contribution is 6.33. The second-order valence-electron chi connectivity index (χ2n) is 2.63. The van der Waals surface area contributed by atoms with Crippen LogP contribution in [0.4, 0.5) is 5.69 Å². The van der Waals surface area contributed by atoms with Crippen molar-refractivity contribution in [2.45, 2.75) is 6.92 Å². The molecule has 0 saturated heterocycles. The van der Waals surface area contributed by atoms with Gasteiger partial charge in [-0.05, 0) is 18.6 Å². The molecule has 5 nitrogen and oxygen atoms in total. The minimum atomic E-state index is -1.15. The van der Waals surface area contributed by atoms with E-state index in [-0.39, 0.29) is 21.8 Å². The summed E-state index contributed by atoms with van der Waals surface area (Å²) in [6.45, 7) is 1.43. The van der Waals surface area contributed by atoms with Gasteiger partial charge in [-0.15, -0.1) is 0 Å². The topological polar surface area (TPSA) is 80.4 Å². The van der Waals surface area contributed by atoms with Crippen molar-refractivity contribution in [3.63, 3.8) is 0 Å². The zero-order valence-electron chi connectivity index (χ0n) is 7.15. The number of hydrogen-bond acceptors (Lipinski definition) is 3. The van der Waals surface area contributed by atoms with E-state index >= 15 is 0 Å². The Morgan fingerprint density at radius 2 is 2.14 bits per heavy atom. The lowest BCUT2D eigenvalue weighted by molar-refractivity contribution is -0.384. The Hall–Kier alpha value is -1.62. The number of benzene rings is 1. The summed E-state index contributed by atoms with van der Waals surface area (Å²) >= 11 is 5.63. The summed E-state index contributed by atoms with van der Waals surface area (Å²) in [4.78, 5) is 20.4.